The van der Waals surface area contributed by atoms with Gasteiger partial charge >= 0.3 is 11.9 Å². The van der Waals surface area contributed by atoms with Gasteiger partial charge in [0.25, 0.3) is 0 Å². The maximum absolute atomic E-state index is 11.7. The lowest BCUT2D eigenvalue weighted by atomic mass is 10.0. The van der Waals surface area contributed by atoms with E-state index in [1.54, 1.807) is 24.3 Å². The van der Waals surface area contributed by atoms with Crippen LogP contribution in [0.1, 0.15) is 18.6 Å². The summed E-state index contributed by atoms with van der Waals surface area (Å²) in [5, 5.41) is 1.30. The van der Waals surface area contributed by atoms with Gasteiger partial charge in [0, 0.05) is 22.9 Å². The molecular formula is C16H13Cl2NO4. The number of rotatable bonds is 4. The fraction of sp³-hybridized carbons (Fsp3) is 0.188. The number of carbonyl (C=O) groups excluding carboxylic acids is 2. The van der Waals surface area contributed by atoms with E-state index < -0.39 is 18.0 Å². The lowest BCUT2D eigenvalue weighted by molar-refractivity contribution is -0.147. The number of esters is 2. The molecule has 0 spiro atoms. The number of aromatic nitrogens is 1. The molecule has 1 atom stereocenters. The van der Waals surface area contributed by atoms with Crippen LogP contribution >= 0.6 is 23.2 Å². The zero-order valence-corrected chi connectivity index (χ0v) is 13.9. The Labute approximate surface area is 142 Å². The van der Waals surface area contributed by atoms with Gasteiger partial charge in [-0.05, 0) is 24.3 Å². The molecule has 2 rings (SSSR count). The molecule has 0 saturated carbocycles. The monoisotopic (exact) mass is 353 g/mol. The second-order valence-electron chi connectivity index (χ2n) is 4.71. The van der Waals surface area contributed by atoms with E-state index in [9.17, 15) is 9.59 Å². The van der Waals surface area contributed by atoms with E-state index in [-0.39, 0.29) is 10.7 Å². The van der Waals surface area contributed by atoms with Gasteiger partial charge in [0.05, 0.1) is 18.2 Å². The predicted octanol–water partition coefficient (Wildman–Crippen LogP) is 3.88. The first-order valence-electron chi connectivity index (χ1n) is 6.53. The molecule has 0 aliphatic carbocycles. The lowest BCUT2D eigenvalue weighted by Crippen LogP contribution is -2.18. The van der Waals surface area contributed by atoms with Gasteiger partial charge in [-0.3, -0.25) is 4.79 Å². The summed E-state index contributed by atoms with van der Waals surface area (Å²) < 4.78 is 9.81. The van der Waals surface area contributed by atoms with Gasteiger partial charge in [-0.25, -0.2) is 9.78 Å². The highest BCUT2D eigenvalue weighted by Gasteiger charge is 2.27. The van der Waals surface area contributed by atoms with Gasteiger partial charge in [-0.1, -0.05) is 29.8 Å². The summed E-state index contributed by atoms with van der Waals surface area (Å²) >= 11 is 12.2. The molecule has 0 amide bonds. The number of carbonyl (C=O) groups is 2. The number of halogens is 2. The van der Waals surface area contributed by atoms with Crippen LogP contribution in [0.2, 0.25) is 10.2 Å². The standard InChI is InChI=1S/C16H13Cl2NO4/c1-8(16(21)22-3)14(23-9(2)20)12-7-10-6-11(17)4-5-13(10)19-15(12)18/h4-7,14H,1H2,2-3H3. The third-order valence-corrected chi connectivity index (χ3v) is 3.63. The minimum Gasteiger partial charge on any atom is -0.466 e. The van der Waals surface area contributed by atoms with E-state index >= 15 is 0 Å². The van der Waals surface area contributed by atoms with Crippen LogP contribution in [0.15, 0.2) is 36.4 Å². The van der Waals surface area contributed by atoms with Crippen LogP contribution in [0.25, 0.3) is 10.9 Å². The molecule has 1 heterocycles. The first-order chi connectivity index (χ1) is 10.8. The fourth-order valence-electron chi connectivity index (χ4n) is 2.05. The highest BCUT2D eigenvalue weighted by molar-refractivity contribution is 6.32. The minimum absolute atomic E-state index is 0.0622. The highest BCUT2D eigenvalue weighted by Crippen LogP contribution is 2.33. The molecule has 7 heteroatoms. The van der Waals surface area contributed by atoms with Crippen molar-refractivity contribution in [2.75, 3.05) is 7.11 Å². The number of methoxy groups -OCH3 is 1. The molecule has 0 saturated heterocycles. The predicted molar refractivity (Wildman–Crippen MR) is 87.4 cm³/mol. The Morgan fingerprint density at radius 1 is 1.26 bits per heavy atom. The van der Waals surface area contributed by atoms with E-state index in [4.69, 9.17) is 27.9 Å². The average Bonchev–Trinajstić information content (AvgIpc) is 2.51. The number of benzene rings is 1. The maximum atomic E-state index is 11.7. The zero-order chi connectivity index (χ0) is 17.1. The van der Waals surface area contributed by atoms with Crippen molar-refractivity contribution >= 4 is 46.0 Å². The summed E-state index contributed by atoms with van der Waals surface area (Å²) in [6.45, 7) is 4.85. The molecular weight excluding hydrogens is 341 g/mol. The van der Waals surface area contributed by atoms with Crippen molar-refractivity contribution < 1.29 is 19.1 Å². The number of pyridine rings is 1. The summed E-state index contributed by atoms with van der Waals surface area (Å²) in [6.07, 6.45) is -1.09. The molecule has 2 aromatic rings. The van der Waals surface area contributed by atoms with Crippen molar-refractivity contribution in [2.24, 2.45) is 0 Å². The van der Waals surface area contributed by atoms with Crippen LogP contribution in [0.4, 0.5) is 0 Å². The Morgan fingerprint density at radius 2 is 1.96 bits per heavy atom. The third kappa shape index (κ3) is 3.81. The van der Waals surface area contributed by atoms with E-state index in [0.29, 0.717) is 21.5 Å². The van der Waals surface area contributed by atoms with Crippen LogP contribution in [0.5, 0.6) is 0 Å². The van der Waals surface area contributed by atoms with Crippen LogP contribution in [0.3, 0.4) is 0 Å². The Morgan fingerprint density at radius 3 is 2.57 bits per heavy atom. The summed E-state index contributed by atoms with van der Waals surface area (Å²) in [5.74, 6) is -1.30. The maximum Gasteiger partial charge on any atom is 0.337 e. The molecule has 0 aliphatic rings. The van der Waals surface area contributed by atoms with Gasteiger partial charge in [0.2, 0.25) is 0 Å². The van der Waals surface area contributed by atoms with E-state index in [2.05, 4.69) is 16.3 Å². The number of hydrogen-bond acceptors (Lipinski definition) is 5. The van der Waals surface area contributed by atoms with E-state index in [1.807, 2.05) is 0 Å². The molecule has 1 unspecified atom stereocenters. The molecule has 0 bridgehead atoms. The third-order valence-electron chi connectivity index (χ3n) is 3.09. The van der Waals surface area contributed by atoms with E-state index in [1.165, 1.54) is 14.0 Å². The summed E-state index contributed by atoms with van der Waals surface area (Å²) in [5.41, 5.74) is 0.883. The molecule has 23 heavy (non-hydrogen) atoms. The second kappa shape index (κ2) is 6.98. The van der Waals surface area contributed by atoms with Gasteiger partial charge < -0.3 is 9.47 Å². The Balaban J connectivity index is 2.59. The average molecular weight is 354 g/mol. The van der Waals surface area contributed by atoms with Crippen molar-refractivity contribution in [2.45, 2.75) is 13.0 Å². The van der Waals surface area contributed by atoms with Gasteiger partial charge in [0.1, 0.15) is 5.15 Å². The van der Waals surface area contributed by atoms with Crippen LogP contribution in [-0.2, 0) is 19.1 Å². The second-order valence-corrected chi connectivity index (χ2v) is 5.51. The number of fused-ring (bicyclic) bond motifs is 1. The van der Waals surface area contributed by atoms with Crippen LogP contribution in [-0.4, -0.2) is 24.0 Å². The zero-order valence-electron chi connectivity index (χ0n) is 12.4. The quantitative estimate of drug-likeness (QED) is 0.474. The minimum atomic E-state index is -1.09. The molecule has 5 nitrogen and oxygen atoms in total. The Kier molecular flexibility index (Phi) is 5.23. The van der Waals surface area contributed by atoms with Gasteiger partial charge in [0.15, 0.2) is 6.10 Å². The summed E-state index contributed by atoms with van der Waals surface area (Å²) in [7, 11) is 1.21. The molecule has 1 aromatic carbocycles. The van der Waals surface area contributed by atoms with Gasteiger partial charge in [-0.15, -0.1) is 0 Å². The van der Waals surface area contributed by atoms with Crippen molar-refractivity contribution in [3.63, 3.8) is 0 Å². The smallest absolute Gasteiger partial charge is 0.337 e. The molecule has 0 N–H and O–H groups in total. The number of nitrogens with zero attached hydrogens (tertiary/aromatic N) is 1. The van der Waals surface area contributed by atoms with Crippen molar-refractivity contribution in [3.05, 3.63) is 52.2 Å². The molecule has 0 radical (unpaired) electrons. The Hall–Kier alpha value is -2.11. The van der Waals surface area contributed by atoms with E-state index in [0.717, 1.165) is 0 Å². The normalized spacial score (nSPS) is 11.8. The van der Waals surface area contributed by atoms with Crippen molar-refractivity contribution in [1.82, 2.24) is 4.98 Å². The topological polar surface area (TPSA) is 65.5 Å². The van der Waals surface area contributed by atoms with Gasteiger partial charge in [-0.2, -0.15) is 0 Å². The fourth-order valence-corrected chi connectivity index (χ4v) is 2.48. The molecule has 1 aromatic heterocycles. The SMILES string of the molecule is C=C(C(=O)OC)C(OC(C)=O)c1cc2cc(Cl)ccc2nc1Cl. The van der Waals surface area contributed by atoms with Crippen molar-refractivity contribution in [1.29, 1.82) is 0 Å². The first kappa shape index (κ1) is 17.2. The van der Waals surface area contributed by atoms with Crippen molar-refractivity contribution in [3.8, 4) is 0 Å². The number of hydrogen-bond donors (Lipinski definition) is 0. The number of ether oxygens (including phenoxy) is 2. The highest BCUT2D eigenvalue weighted by atomic mass is 35.5. The largest absolute Gasteiger partial charge is 0.466 e. The first-order valence-corrected chi connectivity index (χ1v) is 7.29. The van der Waals surface area contributed by atoms with Crippen LogP contribution in [0, 0.1) is 0 Å². The summed E-state index contributed by atoms with van der Waals surface area (Å²) in [6, 6.07) is 6.74. The lowest BCUT2D eigenvalue weighted by Gasteiger charge is -2.19. The molecule has 120 valence electrons. The molecule has 0 fully saturated rings. The molecule has 0 aliphatic heterocycles. The summed E-state index contributed by atoms with van der Waals surface area (Å²) in [4.78, 5) is 27.3. The van der Waals surface area contributed by atoms with Crippen LogP contribution < -0.4 is 0 Å². The Bertz CT molecular complexity index is 804.